The zero-order valence-electron chi connectivity index (χ0n) is 12.7. The SMILES string of the molecule is Cc1c(C(C)NC(=O)[C@H](C)N)cnn1-c1ccc(F)cc1.Cl. The highest BCUT2D eigenvalue weighted by atomic mass is 35.5. The van der Waals surface area contributed by atoms with Crippen LogP contribution in [0.25, 0.3) is 5.69 Å². The maximum absolute atomic E-state index is 13.0. The van der Waals surface area contributed by atoms with Crippen LogP contribution in [0.1, 0.15) is 31.1 Å². The fourth-order valence-corrected chi connectivity index (χ4v) is 2.11. The zero-order chi connectivity index (χ0) is 15.6. The first-order valence-corrected chi connectivity index (χ1v) is 6.76. The van der Waals surface area contributed by atoms with E-state index in [1.54, 1.807) is 29.9 Å². The van der Waals surface area contributed by atoms with Gasteiger partial charge in [-0.3, -0.25) is 4.79 Å². The number of hydrogen-bond acceptors (Lipinski definition) is 3. The predicted molar refractivity (Wildman–Crippen MR) is 85.7 cm³/mol. The predicted octanol–water partition coefficient (Wildman–Crippen LogP) is 2.27. The highest BCUT2D eigenvalue weighted by Gasteiger charge is 2.17. The Balaban J connectivity index is 0.00000242. The van der Waals surface area contributed by atoms with E-state index < -0.39 is 6.04 Å². The Bertz CT molecular complexity index is 639. The summed E-state index contributed by atoms with van der Waals surface area (Å²) in [6.45, 7) is 5.41. The Morgan fingerprint density at radius 1 is 1.32 bits per heavy atom. The number of nitrogens with one attached hydrogen (secondary N) is 1. The monoisotopic (exact) mass is 326 g/mol. The van der Waals surface area contributed by atoms with Crippen LogP contribution in [-0.4, -0.2) is 21.7 Å². The molecule has 5 nitrogen and oxygen atoms in total. The summed E-state index contributed by atoms with van der Waals surface area (Å²) in [6.07, 6.45) is 1.70. The molecule has 0 bridgehead atoms. The first-order chi connectivity index (χ1) is 9.90. The lowest BCUT2D eigenvalue weighted by atomic mass is 10.1. The number of carbonyl (C=O) groups excluding carboxylic acids is 1. The van der Waals surface area contributed by atoms with Gasteiger partial charge in [0, 0.05) is 11.3 Å². The van der Waals surface area contributed by atoms with Gasteiger partial charge in [-0.15, -0.1) is 12.4 Å². The van der Waals surface area contributed by atoms with Gasteiger partial charge >= 0.3 is 0 Å². The van der Waals surface area contributed by atoms with Crippen LogP contribution in [0.4, 0.5) is 4.39 Å². The van der Waals surface area contributed by atoms with Crippen molar-refractivity contribution in [3.8, 4) is 5.69 Å². The molecule has 2 atom stereocenters. The maximum atomic E-state index is 13.0. The van der Waals surface area contributed by atoms with Crippen molar-refractivity contribution < 1.29 is 9.18 Å². The van der Waals surface area contributed by atoms with E-state index >= 15 is 0 Å². The molecule has 3 N–H and O–H groups in total. The summed E-state index contributed by atoms with van der Waals surface area (Å²) in [5.41, 5.74) is 8.10. The molecule has 1 unspecified atom stereocenters. The van der Waals surface area contributed by atoms with E-state index in [1.165, 1.54) is 12.1 Å². The molecule has 0 aliphatic heterocycles. The van der Waals surface area contributed by atoms with E-state index in [2.05, 4.69) is 10.4 Å². The molecule has 7 heteroatoms. The number of amides is 1. The molecule has 0 spiro atoms. The van der Waals surface area contributed by atoms with Crippen LogP contribution < -0.4 is 11.1 Å². The molecular formula is C15H20ClFN4O. The summed E-state index contributed by atoms with van der Waals surface area (Å²) in [6, 6.07) is 5.33. The summed E-state index contributed by atoms with van der Waals surface area (Å²) < 4.78 is 14.7. The molecule has 22 heavy (non-hydrogen) atoms. The van der Waals surface area contributed by atoms with Gasteiger partial charge in [0.15, 0.2) is 0 Å². The molecule has 0 radical (unpaired) electrons. The van der Waals surface area contributed by atoms with Crippen LogP contribution in [0.15, 0.2) is 30.5 Å². The zero-order valence-corrected chi connectivity index (χ0v) is 13.5. The average Bonchev–Trinajstić information content (AvgIpc) is 2.81. The molecule has 0 fully saturated rings. The van der Waals surface area contributed by atoms with E-state index in [4.69, 9.17) is 5.73 Å². The number of halogens is 2. The van der Waals surface area contributed by atoms with Crippen molar-refractivity contribution >= 4 is 18.3 Å². The van der Waals surface area contributed by atoms with Crippen molar-refractivity contribution in [2.75, 3.05) is 0 Å². The topological polar surface area (TPSA) is 72.9 Å². The lowest BCUT2D eigenvalue weighted by molar-refractivity contribution is -0.122. The molecule has 0 aliphatic rings. The third-order valence-corrected chi connectivity index (χ3v) is 3.36. The van der Waals surface area contributed by atoms with E-state index in [9.17, 15) is 9.18 Å². The van der Waals surface area contributed by atoms with Crippen molar-refractivity contribution in [1.82, 2.24) is 15.1 Å². The van der Waals surface area contributed by atoms with Crippen LogP contribution in [0.3, 0.4) is 0 Å². The quantitative estimate of drug-likeness (QED) is 0.905. The van der Waals surface area contributed by atoms with Gasteiger partial charge in [-0.2, -0.15) is 5.10 Å². The van der Waals surface area contributed by atoms with Gasteiger partial charge in [-0.25, -0.2) is 9.07 Å². The molecule has 0 saturated heterocycles. The Morgan fingerprint density at radius 3 is 2.45 bits per heavy atom. The second-order valence-electron chi connectivity index (χ2n) is 5.09. The first kappa shape index (κ1) is 18.1. The van der Waals surface area contributed by atoms with Crippen LogP contribution in [0.2, 0.25) is 0 Å². The number of aromatic nitrogens is 2. The largest absolute Gasteiger partial charge is 0.348 e. The molecule has 0 saturated carbocycles. The van der Waals surface area contributed by atoms with Crippen molar-refractivity contribution in [1.29, 1.82) is 0 Å². The van der Waals surface area contributed by atoms with Crippen LogP contribution in [-0.2, 0) is 4.79 Å². The van der Waals surface area contributed by atoms with Crippen LogP contribution in [0, 0.1) is 12.7 Å². The normalized spacial score (nSPS) is 13.1. The van der Waals surface area contributed by atoms with Gasteiger partial charge < -0.3 is 11.1 Å². The molecule has 1 aromatic carbocycles. The van der Waals surface area contributed by atoms with Gasteiger partial charge in [0.25, 0.3) is 0 Å². The van der Waals surface area contributed by atoms with Gasteiger partial charge in [0.05, 0.1) is 24.0 Å². The summed E-state index contributed by atoms with van der Waals surface area (Å²) >= 11 is 0. The number of carbonyl (C=O) groups is 1. The van der Waals surface area contributed by atoms with Crippen molar-refractivity contribution in [3.05, 3.63) is 47.5 Å². The van der Waals surface area contributed by atoms with Crippen LogP contribution >= 0.6 is 12.4 Å². The summed E-state index contributed by atoms with van der Waals surface area (Å²) in [5.74, 6) is -0.502. The Kier molecular flexibility index (Phi) is 6.08. The lowest BCUT2D eigenvalue weighted by Crippen LogP contribution is -2.39. The molecular weight excluding hydrogens is 307 g/mol. The highest BCUT2D eigenvalue weighted by Crippen LogP contribution is 2.20. The molecule has 1 aromatic heterocycles. The minimum absolute atomic E-state index is 0. The molecule has 1 amide bonds. The number of hydrogen-bond donors (Lipinski definition) is 2. The first-order valence-electron chi connectivity index (χ1n) is 6.76. The third-order valence-electron chi connectivity index (χ3n) is 3.36. The standard InChI is InChI=1S/C15H19FN4O.ClH/c1-9(17)15(21)19-10(2)14-8-18-20(11(14)3)13-6-4-12(16)5-7-13;/h4-10H,17H2,1-3H3,(H,19,21);1H/t9-,10?;/m0./s1. The van der Waals surface area contributed by atoms with Gasteiger partial charge in [-0.05, 0) is 45.0 Å². The van der Waals surface area contributed by atoms with Crippen molar-refractivity contribution in [2.24, 2.45) is 5.73 Å². The second kappa shape index (κ2) is 7.38. The fraction of sp³-hybridized carbons (Fsp3) is 0.333. The van der Waals surface area contributed by atoms with Crippen molar-refractivity contribution in [2.45, 2.75) is 32.9 Å². The fourth-order valence-electron chi connectivity index (χ4n) is 2.11. The van der Waals surface area contributed by atoms with Crippen LogP contribution in [0.5, 0.6) is 0 Å². The second-order valence-corrected chi connectivity index (χ2v) is 5.09. The minimum Gasteiger partial charge on any atom is -0.348 e. The minimum atomic E-state index is -0.556. The molecule has 120 valence electrons. The molecule has 1 heterocycles. The van der Waals surface area contributed by atoms with E-state index in [-0.39, 0.29) is 30.2 Å². The van der Waals surface area contributed by atoms with E-state index in [0.29, 0.717) is 0 Å². The van der Waals surface area contributed by atoms with Crippen molar-refractivity contribution in [3.63, 3.8) is 0 Å². The summed E-state index contributed by atoms with van der Waals surface area (Å²) in [4.78, 5) is 11.6. The Labute approximate surface area is 135 Å². The highest BCUT2D eigenvalue weighted by molar-refractivity contribution is 5.85. The molecule has 0 aliphatic carbocycles. The molecule has 2 aromatic rings. The number of rotatable bonds is 4. The third kappa shape index (κ3) is 3.84. The van der Waals surface area contributed by atoms with E-state index in [1.807, 2.05) is 13.8 Å². The lowest BCUT2D eigenvalue weighted by Gasteiger charge is -2.15. The Morgan fingerprint density at radius 2 is 1.91 bits per heavy atom. The van der Waals surface area contributed by atoms with Gasteiger partial charge in [-0.1, -0.05) is 0 Å². The number of benzene rings is 1. The summed E-state index contributed by atoms with van der Waals surface area (Å²) in [5, 5.41) is 7.13. The number of nitrogens with zero attached hydrogens (tertiary/aromatic N) is 2. The van der Waals surface area contributed by atoms with Gasteiger partial charge in [0.1, 0.15) is 5.82 Å². The average molecular weight is 327 g/mol. The Hall–Kier alpha value is -1.92. The summed E-state index contributed by atoms with van der Waals surface area (Å²) in [7, 11) is 0. The maximum Gasteiger partial charge on any atom is 0.237 e. The van der Waals surface area contributed by atoms with Gasteiger partial charge in [0.2, 0.25) is 5.91 Å². The molecule has 2 rings (SSSR count). The smallest absolute Gasteiger partial charge is 0.237 e. The van der Waals surface area contributed by atoms with E-state index in [0.717, 1.165) is 16.9 Å². The number of nitrogens with two attached hydrogens (primary N) is 1.